The summed E-state index contributed by atoms with van der Waals surface area (Å²) in [5.74, 6) is 0. The van der Waals surface area contributed by atoms with Crippen molar-refractivity contribution in [3.05, 3.63) is 157 Å². The number of aromatic nitrogens is 4. The second-order valence-corrected chi connectivity index (χ2v) is 11.6. The number of nitrogens with zero attached hydrogens (tertiary/aromatic N) is 4. The Morgan fingerprint density at radius 3 is 1.00 bits per heavy atom. The predicted octanol–water partition coefficient (Wildman–Crippen LogP) is 10.5. The van der Waals surface area contributed by atoms with Gasteiger partial charge in [-0.3, -0.25) is 0 Å². The number of rotatable bonds is 5. The van der Waals surface area contributed by atoms with Crippen molar-refractivity contribution in [1.29, 1.82) is 0 Å². The fourth-order valence-corrected chi connectivity index (χ4v) is 6.07. The first-order valence-electron chi connectivity index (χ1n) is 15.5. The third-order valence-corrected chi connectivity index (χ3v) is 8.54. The molecule has 0 atom stereocenters. The Morgan fingerprint density at radius 2 is 0.609 bits per heavy atom. The molecule has 0 saturated heterocycles. The van der Waals surface area contributed by atoms with Crippen LogP contribution in [0.25, 0.3) is 78.2 Å². The minimum atomic E-state index is 0.883. The lowest BCUT2D eigenvalue weighted by molar-refractivity contribution is 1.27. The number of benzene rings is 6. The van der Waals surface area contributed by atoms with Gasteiger partial charge in [0.05, 0.1) is 44.8 Å². The monoisotopic (exact) mass is 590 g/mol. The maximum absolute atomic E-state index is 5.15. The van der Waals surface area contributed by atoms with Crippen LogP contribution < -0.4 is 0 Å². The van der Waals surface area contributed by atoms with Crippen LogP contribution >= 0.6 is 0 Å². The zero-order valence-electron chi connectivity index (χ0n) is 25.6. The maximum atomic E-state index is 5.15. The van der Waals surface area contributed by atoms with Gasteiger partial charge in [0.25, 0.3) is 0 Å². The molecule has 218 valence electrons. The summed E-state index contributed by atoms with van der Waals surface area (Å²) < 4.78 is 0. The Labute approximate surface area is 268 Å². The zero-order chi connectivity index (χ0) is 31.0. The van der Waals surface area contributed by atoms with Crippen LogP contribution in [0.4, 0.5) is 0 Å². The van der Waals surface area contributed by atoms with Gasteiger partial charge in [0, 0.05) is 22.3 Å². The summed E-state index contributed by atoms with van der Waals surface area (Å²) in [6.45, 7) is 4.17. The molecule has 0 unspecified atom stereocenters. The van der Waals surface area contributed by atoms with E-state index in [4.69, 9.17) is 19.9 Å². The highest BCUT2D eigenvalue weighted by Gasteiger charge is 2.16. The van der Waals surface area contributed by atoms with E-state index in [1.54, 1.807) is 0 Å². The fourth-order valence-electron chi connectivity index (χ4n) is 6.07. The molecule has 0 aliphatic carbocycles. The third-order valence-electron chi connectivity index (χ3n) is 8.54. The lowest BCUT2D eigenvalue weighted by Gasteiger charge is -2.13. The highest BCUT2D eigenvalue weighted by Crippen LogP contribution is 2.35. The van der Waals surface area contributed by atoms with Gasteiger partial charge in [-0.25, -0.2) is 19.9 Å². The highest BCUT2D eigenvalue weighted by molar-refractivity contribution is 5.89. The van der Waals surface area contributed by atoms with Gasteiger partial charge < -0.3 is 0 Å². The van der Waals surface area contributed by atoms with E-state index < -0.39 is 0 Å². The number of hydrogen-bond donors (Lipinski definition) is 0. The summed E-state index contributed by atoms with van der Waals surface area (Å²) in [6.07, 6.45) is 0. The van der Waals surface area contributed by atoms with Crippen molar-refractivity contribution in [2.24, 2.45) is 0 Å². The first-order valence-corrected chi connectivity index (χ1v) is 15.5. The quantitative estimate of drug-likeness (QED) is 0.200. The van der Waals surface area contributed by atoms with E-state index in [0.29, 0.717) is 0 Å². The van der Waals surface area contributed by atoms with Gasteiger partial charge in [-0.2, -0.15) is 0 Å². The molecule has 8 rings (SSSR count). The van der Waals surface area contributed by atoms with E-state index in [0.717, 1.165) is 89.4 Å². The molecule has 46 heavy (non-hydrogen) atoms. The summed E-state index contributed by atoms with van der Waals surface area (Å²) in [4.78, 5) is 20.5. The average Bonchev–Trinajstić information content (AvgIpc) is 3.12. The van der Waals surface area contributed by atoms with Gasteiger partial charge in [-0.1, -0.05) is 133 Å². The second-order valence-electron chi connectivity index (χ2n) is 11.6. The van der Waals surface area contributed by atoms with Crippen molar-refractivity contribution in [2.45, 2.75) is 13.8 Å². The van der Waals surface area contributed by atoms with Gasteiger partial charge in [0.1, 0.15) is 0 Å². The summed E-state index contributed by atoms with van der Waals surface area (Å²) in [6, 6.07) is 50.2. The molecule has 4 nitrogen and oxygen atoms in total. The van der Waals surface area contributed by atoms with E-state index in [1.165, 1.54) is 0 Å². The molecule has 0 radical (unpaired) electrons. The standard InChI is InChI=1S/C42H30N4/c1-27-11-9-17-35-37(27)45-41(39(43-35)31-13-5-3-6-14-31)33-23-19-29(20-24-33)30-21-25-34(26-22-30)42-40(32-15-7-4-8-16-32)44-36-18-10-12-28(2)38(36)46-42/h3-26H,1-2H3. The Kier molecular flexibility index (Phi) is 6.88. The van der Waals surface area contributed by atoms with Gasteiger partial charge in [-0.05, 0) is 48.2 Å². The number of hydrogen-bond acceptors (Lipinski definition) is 4. The summed E-state index contributed by atoms with van der Waals surface area (Å²) in [5.41, 5.74) is 15.9. The van der Waals surface area contributed by atoms with Crippen LogP contribution in [0.5, 0.6) is 0 Å². The summed E-state index contributed by atoms with van der Waals surface area (Å²) >= 11 is 0. The smallest absolute Gasteiger partial charge is 0.0973 e. The van der Waals surface area contributed by atoms with E-state index in [-0.39, 0.29) is 0 Å². The van der Waals surface area contributed by atoms with Crippen LogP contribution in [-0.2, 0) is 0 Å². The fraction of sp³-hybridized carbons (Fsp3) is 0.0476. The number of para-hydroxylation sites is 2. The molecular formula is C42H30N4. The molecule has 0 N–H and O–H groups in total. The molecule has 4 heteroatoms. The molecule has 8 aromatic rings. The predicted molar refractivity (Wildman–Crippen MR) is 189 cm³/mol. The average molecular weight is 591 g/mol. The van der Waals surface area contributed by atoms with E-state index in [9.17, 15) is 0 Å². The maximum Gasteiger partial charge on any atom is 0.0973 e. The highest BCUT2D eigenvalue weighted by atomic mass is 14.8. The Bertz CT molecular complexity index is 2180. The van der Waals surface area contributed by atoms with Gasteiger partial charge >= 0.3 is 0 Å². The van der Waals surface area contributed by atoms with Gasteiger partial charge in [0.15, 0.2) is 0 Å². The van der Waals surface area contributed by atoms with Crippen LogP contribution in [-0.4, -0.2) is 19.9 Å². The van der Waals surface area contributed by atoms with Crippen molar-refractivity contribution in [3.8, 4) is 56.2 Å². The van der Waals surface area contributed by atoms with Crippen LogP contribution in [0.2, 0.25) is 0 Å². The Hall–Kier alpha value is -6.00. The molecule has 0 aliphatic rings. The number of aryl methyl sites for hydroxylation is 2. The second kappa shape index (κ2) is 11.5. The summed E-state index contributed by atoms with van der Waals surface area (Å²) in [7, 11) is 0. The molecule has 0 spiro atoms. The van der Waals surface area contributed by atoms with Crippen molar-refractivity contribution in [3.63, 3.8) is 0 Å². The van der Waals surface area contributed by atoms with E-state index >= 15 is 0 Å². The first kappa shape index (κ1) is 27.5. The largest absolute Gasteiger partial charge is 0.244 e. The topological polar surface area (TPSA) is 51.6 Å². The molecule has 0 saturated carbocycles. The molecule has 0 fully saturated rings. The Balaban J connectivity index is 1.17. The van der Waals surface area contributed by atoms with Crippen molar-refractivity contribution in [2.75, 3.05) is 0 Å². The molecule has 2 heterocycles. The SMILES string of the molecule is Cc1cccc2nc(-c3ccccc3)c(-c3ccc(-c4ccc(-c5nc6c(C)cccc6nc5-c5ccccc5)cc4)cc3)nc12. The van der Waals surface area contributed by atoms with Crippen LogP contribution in [0, 0.1) is 13.8 Å². The third kappa shape index (κ3) is 5.00. The van der Waals surface area contributed by atoms with Crippen molar-refractivity contribution in [1.82, 2.24) is 19.9 Å². The molecule has 0 amide bonds. The lowest BCUT2D eigenvalue weighted by atomic mass is 9.97. The Morgan fingerprint density at radius 1 is 0.283 bits per heavy atom. The van der Waals surface area contributed by atoms with E-state index in [2.05, 4.69) is 98.8 Å². The van der Waals surface area contributed by atoms with Crippen LogP contribution in [0.3, 0.4) is 0 Å². The molecule has 2 aromatic heterocycles. The van der Waals surface area contributed by atoms with Crippen molar-refractivity contribution >= 4 is 22.1 Å². The normalized spacial score (nSPS) is 11.3. The first-order chi connectivity index (χ1) is 22.6. The van der Waals surface area contributed by atoms with Gasteiger partial charge in [0.2, 0.25) is 0 Å². The minimum Gasteiger partial charge on any atom is -0.244 e. The van der Waals surface area contributed by atoms with E-state index in [1.807, 2.05) is 60.7 Å². The van der Waals surface area contributed by atoms with Crippen LogP contribution in [0.15, 0.2) is 146 Å². The minimum absolute atomic E-state index is 0.883. The molecule has 0 bridgehead atoms. The summed E-state index contributed by atoms with van der Waals surface area (Å²) in [5, 5.41) is 0. The molecular weight excluding hydrogens is 560 g/mol. The molecule has 0 aliphatic heterocycles. The van der Waals surface area contributed by atoms with Crippen LogP contribution in [0.1, 0.15) is 11.1 Å². The number of fused-ring (bicyclic) bond motifs is 2. The lowest BCUT2D eigenvalue weighted by Crippen LogP contribution is -1.97. The van der Waals surface area contributed by atoms with Crippen molar-refractivity contribution < 1.29 is 0 Å². The molecule has 6 aromatic carbocycles. The zero-order valence-corrected chi connectivity index (χ0v) is 25.6. The van der Waals surface area contributed by atoms with Gasteiger partial charge in [-0.15, -0.1) is 0 Å².